The van der Waals surface area contributed by atoms with Crippen LogP contribution in [0.1, 0.15) is 25.7 Å². The van der Waals surface area contributed by atoms with Crippen LogP contribution < -0.4 is 0 Å². The summed E-state index contributed by atoms with van der Waals surface area (Å²) >= 11 is 9.15. The number of likely N-dealkylation sites (tertiary alicyclic amines) is 1. The first-order chi connectivity index (χ1) is 7.19. The van der Waals surface area contributed by atoms with E-state index in [0.717, 1.165) is 24.3 Å². The van der Waals surface area contributed by atoms with Crippen LogP contribution in [0.3, 0.4) is 0 Å². The molecule has 2 fully saturated rings. The van der Waals surface area contributed by atoms with E-state index in [1.54, 1.807) is 0 Å². The van der Waals surface area contributed by atoms with Crippen LogP contribution in [-0.2, 0) is 4.79 Å². The molecule has 1 spiro atoms. The number of hydrogen-bond donors (Lipinski definition) is 0. The van der Waals surface area contributed by atoms with Crippen LogP contribution in [-0.4, -0.2) is 35.1 Å². The maximum Gasteiger partial charge on any atom is 0.237 e. The third-order valence-corrected chi connectivity index (χ3v) is 5.07. The Morgan fingerprint density at radius 1 is 1.53 bits per heavy atom. The van der Waals surface area contributed by atoms with E-state index in [-0.39, 0.29) is 11.8 Å². The molecule has 2 nitrogen and oxygen atoms in total. The molecule has 0 unspecified atom stereocenters. The minimum atomic E-state index is 0.107. The predicted octanol–water partition coefficient (Wildman–Crippen LogP) is 2.64. The standard InChI is InChI=1S/C11H17BrClNO/c12-6-9-1-2-11(5-9)3-4-14(8-11)10(15)7-13/h9H,1-8H2/t9-,11-/m0/s1. The van der Waals surface area contributed by atoms with Gasteiger partial charge in [0.2, 0.25) is 5.91 Å². The van der Waals surface area contributed by atoms with Crippen LogP contribution in [0.5, 0.6) is 0 Å². The van der Waals surface area contributed by atoms with Crippen molar-refractivity contribution in [1.29, 1.82) is 0 Å². The van der Waals surface area contributed by atoms with Crippen molar-refractivity contribution in [1.82, 2.24) is 4.90 Å². The van der Waals surface area contributed by atoms with Crippen LogP contribution in [0.4, 0.5) is 0 Å². The van der Waals surface area contributed by atoms with Gasteiger partial charge in [0.25, 0.3) is 0 Å². The molecule has 1 aliphatic heterocycles. The number of alkyl halides is 2. The summed E-state index contributed by atoms with van der Waals surface area (Å²) in [6.45, 7) is 1.86. The number of halogens is 2. The molecule has 4 heteroatoms. The van der Waals surface area contributed by atoms with Crippen molar-refractivity contribution in [3.63, 3.8) is 0 Å². The Morgan fingerprint density at radius 3 is 2.93 bits per heavy atom. The Hall–Kier alpha value is 0.240. The fraction of sp³-hybridized carbons (Fsp3) is 0.909. The number of nitrogens with zero attached hydrogens (tertiary/aromatic N) is 1. The van der Waals surface area contributed by atoms with Crippen molar-refractivity contribution < 1.29 is 4.79 Å². The van der Waals surface area contributed by atoms with E-state index < -0.39 is 0 Å². The largest absolute Gasteiger partial charge is 0.341 e. The van der Waals surface area contributed by atoms with Crippen LogP contribution in [0.15, 0.2) is 0 Å². The molecule has 1 amide bonds. The van der Waals surface area contributed by atoms with Gasteiger partial charge in [0, 0.05) is 18.4 Å². The van der Waals surface area contributed by atoms with Crippen molar-refractivity contribution in [2.75, 3.05) is 24.3 Å². The predicted molar refractivity (Wildman–Crippen MR) is 65.5 cm³/mol. The summed E-state index contributed by atoms with van der Waals surface area (Å²) in [6, 6.07) is 0. The maximum atomic E-state index is 11.5. The second-order valence-corrected chi connectivity index (χ2v) is 5.88. The quantitative estimate of drug-likeness (QED) is 0.717. The second-order valence-electron chi connectivity index (χ2n) is 4.96. The molecule has 2 rings (SSSR count). The Balaban J connectivity index is 1.94. The lowest BCUT2D eigenvalue weighted by atomic mass is 9.85. The Morgan fingerprint density at radius 2 is 2.33 bits per heavy atom. The molecule has 0 radical (unpaired) electrons. The molecule has 86 valence electrons. The van der Waals surface area contributed by atoms with E-state index >= 15 is 0 Å². The van der Waals surface area contributed by atoms with Crippen LogP contribution in [0.2, 0.25) is 0 Å². The highest BCUT2D eigenvalue weighted by atomic mass is 79.9. The number of hydrogen-bond acceptors (Lipinski definition) is 1. The number of carbonyl (C=O) groups is 1. The highest BCUT2D eigenvalue weighted by Gasteiger charge is 2.44. The van der Waals surface area contributed by atoms with Gasteiger partial charge < -0.3 is 4.90 Å². The Kier molecular flexibility index (Phi) is 3.61. The van der Waals surface area contributed by atoms with E-state index in [1.807, 2.05) is 4.90 Å². The number of amides is 1. The Labute approximate surface area is 104 Å². The zero-order chi connectivity index (χ0) is 10.9. The van der Waals surface area contributed by atoms with Gasteiger partial charge in [-0.1, -0.05) is 15.9 Å². The molecule has 2 aliphatic rings. The summed E-state index contributed by atoms with van der Waals surface area (Å²) in [5, 5.41) is 1.11. The zero-order valence-corrected chi connectivity index (χ0v) is 11.2. The van der Waals surface area contributed by atoms with Crippen LogP contribution in [0, 0.1) is 11.3 Å². The smallest absolute Gasteiger partial charge is 0.237 e. The molecule has 1 heterocycles. The summed E-state index contributed by atoms with van der Waals surface area (Å²) in [5.41, 5.74) is 0.431. The lowest BCUT2D eigenvalue weighted by Gasteiger charge is -2.23. The fourth-order valence-electron chi connectivity index (χ4n) is 3.06. The monoisotopic (exact) mass is 293 g/mol. The van der Waals surface area contributed by atoms with E-state index in [4.69, 9.17) is 11.6 Å². The van der Waals surface area contributed by atoms with Gasteiger partial charge in [0.05, 0.1) is 0 Å². The first kappa shape index (κ1) is 11.7. The van der Waals surface area contributed by atoms with E-state index in [0.29, 0.717) is 5.41 Å². The lowest BCUT2D eigenvalue weighted by molar-refractivity contribution is -0.127. The minimum Gasteiger partial charge on any atom is -0.341 e. The molecule has 2 atom stereocenters. The number of rotatable bonds is 2. The van der Waals surface area contributed by atoms with Gasteiger partial charge in [-0.05, 0) is 37.0 Å². The summed E-state index contributed by atoms with van der Waals surface area (Å²) in [7, 11) is 0. The molecule has 1 saturated heterocycles. The lowest BCUT2D eigenvalue weighted by Crippen LogP contribution is -2.32. The first-order valence-corrected chi connectivity index (χ1v) is 7.24. The van der Waals surface area contributed by atoms with Crippen molar-refractivity contribution in [2.45, 2.75) is 25.7 Å². The summed E-state index contributed by atoms with van der Waals surface area (Å²) in [6.07, 6.45) is 5.06. The van der Waals surface area contributed by atoms with Crippen molar-refractivity contribution >= 4 is 33.4 Å². The van der Waals surface area contributed by atoms with Gasteiger partial charge in [-0.15, -0.1) is 11.6 Å². The minimum absolute atomic E-state index is 0.107. The van der Waals surface area contributed by atoms with Gasteiger partial charge >= 0.3 is 0 Å². The van der Waals surface area contributed by atoms with Crippen LogP contribution >= 0.6 is 27.5 Å². The number of carbonyl (C=O) groups excluding carboxylic acids is 1. The van der Waals surface area contributed by atoms with E-state index in [1.165, 1.54) is 25.7 Å². The van der Waals surface area contributed by atoms with Crippen molar-refractivity contribution in [3.05, 3.63) is 0 Å². The van der Waals surface area contributed by atoms with Gasteiger partial charge in [-0.3, -0.25) is 4.79 Å². The molecule has 1 aliphatic carbocycles. The third-order valence-electron chi connectivity index (χ3n) is 3.93. The first-order valence-electron chi connectivity index (χ1n) is 5.59. The summed E-state index contributed by atoms with van der Waals surface area (Å²) in [4.78, 5) is 13.4. The summed E-state index contributed by atoms with van der Waals surface area (Å²) in [5.74, 6) is 1.06. The van der Waals surface area contributed by atoms with E-state index in [9.17, 15) is 4.79 Å². The normalized spacial score (nSPS) is 35.3. The third kappa shape index (κ3) is 2.33. The summed E-state index contributed by atoms with van der Waals surface area (Å²) < 4.78 is 0. The fourth-order valence-corrected chi connectivity index (χ4v) is 3.78. The van der Waals surface area contributed by atoms with Gasteiger partial charge in [-0.2, -0.15) is 0 Å². The van der Waals surface area contributed by atoms with Gasteiger partial charge in [-0.25, -0.2) is 0 Å². The second kappa shape index (κ2) is 4.62. The van der Waals surface area contributed by atoms with Crippen LogP contribution in [0.25, 0.3) is 0 Å². The molecular formula is C11H17BrClNO. The molecule has 0 aromatic heterocycles. The molecule has 1 saturated carbocycles. The zero-order valence-electron chi connectivity index (χ0n) is 8.85. The molecule has 15 heavy (non-hydrogen) atoms. The maximum absolute atomic E-state index is 11.5. The Bertz CT molecular complexity index is 261. The van der Waals surface area contributed by atoms with E-state index in [2.05, 4.69) is 15.9 Å². The molecule has 0 aromatic rings. The highest BCUT2D eigenvalue weighted by Crippen LogP contribution is 2.48. The molecule has 0 N–H and O–H groups in total. The topological polar surface area (TPSA) is 20.3 Å². The van der Waals surface area contributed by atoms with Gasteiger partial charge in [0.1, 0.15) is 5.88 Å². The average Bonchev–Trinajstić information content (AvgIpc) is 2.86. The van der Waals surface area contributed by atoms with Crippen molar-refractivity contribution in [3.8, 4) is 0 Å². The molecule has 0 aromatic carbocycles. The average molecular weight is 295 g/mol. The molecular weight excluding hydrogens is 277 g/mol. The highest BCUT2D eigenvalue weighted by molar-refractivity contribution is 9.09. The van der Waals surface area contributed by atoms with Crippen molar-refractivity contribution in [2.24, 2.45) is 11.3 Å². The SMILES string of the molecule is O=C(CCl)N1CC[C@]2(CC[C@H](CBr)C2)C1. The van der Waals surface area contributed by atoms with Gasteiger partial charge in [0.15, 0.2) is 0 Å². The molecule has 0 bridgehead atoms.